The number of rotatable bonds is 0. The maximum atomic E-state index is 12.7. The summed E-state index contributed by atoms with van der Waals surface area (Å²) in [5, 5.41) is 1.34. The zero-order valence-corrected chi connectivity index (χ0v) is 11.9. The Labute approximate surface area is 123 Å². The van der Waals surface area contributed by atoms with Crippen molar-refractivity contribution in [1.29, 1.82) is 0 Å². The standard InChI is InChI=1S/C18H18N2O/c21-18-14-7-2-1-6-13(14)17-16-12(9-10-20(17)18)11-5-3-4-8-15(11)19-16/h1-5,8,13-14,17,19H,6-7,9-10H2/t13-,14-,17-/m0/s1. The maximum absolute atomic E-state index is 12.7. The fourth-order valence-corrected chi connectivity index (χ4v) is 4.64. The number of aromatic amines is 1. The number of nitrogens with one attached hydrogen (secondary N) is 1. The first-order valence-corrected chi connectivity index (χ1v) is 7.89. The van der Waals surface area contributed by atoms with Crippen molar-refractivity contribution < 1.29 is 4.79 Å². The fourth-order valence-electron chi connectivity index (χ4n) is 4.64. The lowest BCUT2D eigenvalue weighted by Crippen LogP contribution is -2.35. The SMILES string of the molecule is O=C1[C@H]2CC=CC[C@@H]2[C@H]2c3[nH]c4ccccc4c3CCN12. The lowest BCUT2D eigenvalue weighted by molar-refractivity contribution is -0.132. The molecule has 3 heteroatoms. The predicted molar refractivity (Wildman–Crippen MR) is 81.8 cm³/mol. The monoisotopic (exact) mass is 278 g/mol. The Morgan fingerprint density at radius 1 is 1.14 bits per heavy atom. The summed E-state index contributed by atoms with van der Waals surface area (Å²) in [6.45, 7) is 0.880. The van der Waals surface area contributed by atoms with Crippen molar-refractivity contribution in [2.75, 3.05) is 6.54 Å². The van der Waals surface area contributed by atoms with Crippen molar-refractivity contribution >= 4 is 16.8 Å². The molecule has 1 amide bonds. The molecule has 1 aliphatic carbocycles. The molecule has 5 rings (SSSR count). The minimum Gasteiger partial charge on any atom is -0.356 e. The van der Waals surface area contributed by atoms with E-state index in [-0.39, 0.29) is 12.0 Å². The van der Waals surface area contributed by atoms with Gasteiger partial charge in [0.1, 0.15) is 0 Å². The Bertz CT molecular complexity index is 773. The van der Waals surface area contributed by atoms with E-state index in [2.05, 4.69) is 46.3 Å². The molecule has 0 spiro atoms. The molecule has 1 saturated heterocycles. The summed E-state index contributed by atoms with van der Waals surface area (Å²) in [5.74, 6) is 1.03. The number of nitrogens with zero attached hydrogens (tertiary/aromatic N) is 1. The van der Waals surface area contributed by atoms with Crippen LogP contribution < -0.4 is 0 Å². The average molecular weight is 278 g/mol. The summed E-state index contributed by atoms with van der Waals surface area (Å²) < 4.78 is 0. The molecular weight excluding hydrogens is 260 g/mol. The molecule has 3 heterocycles. The molecule has 21 heavy (non-hydrogen) atoms. The third-order valence-corrected chi connectivity index (χ3v) is 5.57. The number of carbonyl (C=O) groups excluding carboxylic acids is 1. The number of H-pyrrole nitrogens is 1. The number of hydrogen-bond acceptors (Lipinski definition) is 1. The first-order chi connectivity index (χ1) is 10.3. The van der Waals surface area contributed by atoms with E-state index in [4.69, 9.17) is 0 Å². The predicted octanol–water partition coefficient (Wildman–Crippen LogP) is 3.19. The van der Waals surface area contributed by atoms with Gasteiger partial charge in [-0.15, -0.1) is 0 Å². The molecule has 3 atom stereocenters. The number of amides is 1. The first kappa shape index (κ1) is 11.6. The van der Waals surface area contributed by atoms with E-state index in [0.29, 0.717) is 11.8 Å². The van der Waals surface area contributed by atoms with Crippen molar-refractivity contribution in [3.63, 3.8) is 0 Å². The van der Waals surface area contributed by atoms with E-state index in [1.165, 1.54) is 22.2 Å². The number of hydrogen-bond donors (Lipinski definition) is 1. The molecule has 2 aliphatic heterocycles. The van der Waals surface area contributed by atoms with Gasteiger partial charge in [0.25, 0.3) is 0 Å². The van der Waals surface area contributed by atoms with Crippen LogP contribution in [0.15, 0.2) is 36.4 Å². The Balaban J connectivity index is 1.71. The van der Waals surface area contributed by atoms with E-state index < -0.39 is 0 Å². The molecule has 3 nitrogen and oxygen atoms in total. The third-order valence-electron chi connectivity index (χ3n) is 5.57. The number of carbonyl (C=O) groups is 1. The smallest absolute Gasteiger partial charge is 0.226 e. The molecule has 0 unspecified atom stereocenters. The Morgan fingerprint density at radius 3 is 2.95 bits per heavy atom. The zero-order chi connectivity index (χ0) is 14.0. The summed E-state index contributed by atoms with van der Waals surface area (Å²) in [4.78, 5) is 18.4. The van der Waals surface area contributed by atoms with Gasteiger partial charge in [0.2, 0.25) is 5.91 Å². The molecule has 3 aliphatic rings. The Kier molecular flexibility index (Phi) is 2.21. The van der Waals surface area contributed by atoms with Gasteiger partial charge >= 0.3 is 0 Å². The molecule has 1 aromatic heterocycles. The van der Waals surface area contributed by atoms with Gasteiger partial charge in [-0.05, 0) is 30.9 Å². The molecule has 0 radical (unpaired) electrons. The van der Waals surface area contributed by atoms with Gasteiger partial charge in [-0.1, -0.05) is 30.4 Å². The molecule has 0 bridgehead atoms. The zero-order valence-electron chi connectivity index (χ0n) is 11.9. The van der Waals surface area contributed by atoms with Crippen LogP contribution in [-0.2, 0) is 11.2 Å². The van der Waals surface area contributed by atoms with Gasteiger partial charge in [-0.25, -0.2) is 0 Å². The van der Waals surface area contributed by atoms with Gasteiger partial charge in [-0.3, -0.25) is 4.79 Å². The van der Waals surface area contributed by atoms with Crippen molar-refractivity contribution in [3.05, 3.63) is 47.7 Å². The van der Waals surface area contributed by atoms with E-state index >= 15 is 0 Å². The summed E-state index contributed by atoms with van der Waals surface area (Å²) in [6.07, 6.45) is 7.38. The second kappa shape index (κ2) is 4.00. The molecule has 2 aromatic rings. The summed E-state index contributed by atoms with van der Waals surface area (Å²) >= 11 is 0. The quantitative estimate of drug-likeness (QED) is 0.738. The van der Waals surface area contributed by atoms with E-state index in [1.54, 1.807) is 0 Å². The van der Waals surface area contributed by atoms with Crippen LogP contribution >= 0.6 is 0 Å². The van der Waals surface area contributed by atoms with Crippen molar-refractivity contribution in [3.8, 4) is 0 Å². The van der Waals surface area contributed by atoms with Crippen LogP contribution in [0.1, 0.15) is 30.1 Å². The van der Waals surface area contributed by atoms with Crippen LogP contribution in [0.25, 0.3) is 10.9 Å². The van der Waals surface area contributed by atoms with E-state index in [0.717, 1.165) is 25.8 Å². The Hall–Kier alpha value is -2.03. The number of para-hydroxylation sites is 1. The van der Waals surface area contributed by atoms with Gasteiger partial charge < -0.3 is 9.88 Å². The van der Waals surface area contributed by atoms with Crippen LogP contribution in [0.4, 0.5) is 0 Å². The molecule has 1 aromatic carbocycles. The summed E-state index contributed by atoms with van der Waals surface area (Å²) in [5.41, 5.74) is 3.96. The van der Waals surface area contributed by atoms with Gasteiger partial charge in [-0.2, -0.15) is 0 Å². The number of benzene rings is 1. The lowest BCUT2D eigenvalue weighted by atomic mass is 9.79. The van der Waals surface area contributed by atoms with Gasteiger partial charge in [0.05, 0.1) is 6.04 Å². The highest BCUT2D eigenvalue weighted by atomic mass is 16.2. The van der Waals surface area contributed by atoms with Gasteiger partial charge in [0.15, 0.2) is 0 Å². The van der Waals surface area contributed by atoms with Crippen LogP contribution in [0.2, 0.25) is 0 Å². The van der Waals surface area contributed by atoms with E-state index in [9.17, 15) is 4.79 Å². The van der Waals surface area contributed by atoms with E-state index in [1.807, 2.05) is 0 Å². The second-order valence-electron chi connectivity index (χ2n) is 6.50. The first-order valence-electron chi connectivity index (χ1n) is 7.89. The number of fused-ring (bicyclic) bond motifs is 7. The number of aromatic nitrogens is 1. The molecule has 106 valence electrons. The van der Waals surface area contributed by atoms with Gasteiger partial charge in [0, 0.05) is 35.0 Å². The van der Waals surface area contributed by atoms with Crippen molar-refractivity contribution in [1.82, 2.24) is 9.88 Å². The largest absolute Gasteiger partial charge is 0.356 e. The van der Waals surface area contributed by atoms with Crippen LogP contribution in [0, 0.1) is 11.8 Å². The highest BCUT2D eigenvalue weighted by Crippen LogP contribution is 2.50. The third kappa shape index (κ3) is 1.41. The minimum atomic E-state index is 0.206. The summed E-state index contributed by atoms with van der Waals surface area (Å²) in [7, 11) is 0. The fraction of sp³-hybridized carbons (Fsp3) is 0.389. The maximum Gasteiger partial charge on any atom is 0.226 e. The second-order valence-corrected chi connectivity index (χ2v) is 6.50. The Morgan fingerprint density at radius 2 is 2.00 bits per heavy atom. The average Bonchev–Trinajstić information content (AvgIpc) is 3.04. The lowest BCUT2D eigenvalue weighted by Gasteiger charge is -2.33. The van der Waals surface area contributed by atoms with Crippen molar-refractivity contribution in [2.45, 2.75) is 25.3 Å². The normalized spacial score (nSPS) is 30.4. The molecule has 0 saturated carbocycles. The van der Waals surface area contributed by atoms with Crippen LogP contribution in [-0.4, -0.2) is 22.3 Å². The van der Waals surface area contributed by atoms with Crippen molar-refractivity contribution in [2.24, 2.45) is 11.8 Å². The minimum absolute atomic E-state index is 0.206. The molecular formula is C18H18N2O. The molecule has 1 N–H and O–H groups in total. The highest BCUT2D eigenvalue weighted by Gasteiger charge is 2.50. The van der Waals surface area contributed by atoms with Crippen LogP contribution in [0.3, 0.4) is 0 Å². The number of allylic oxidation sites excluding steroid dienone is 2. The highest BCUT2D eigenvalue weighted by molar-refractivity contribution is 5.88. The molecule has 1 fully saturated rings. The topological polar surface area (TPSA) is 36.1 Å². The summed E-state index contributed by atoms with van der Waals surface area (Å²) in [6, 6.07) is 8.80. The van der Waals surface area contributed by atoms with Crippen LogP contribution in [0.5, 0.6) is 0 Å².